The highest BCUT2D eigenvalue weighted by Crippen LogP contribution is 2.22. The first-order valence-electron chi connectivity index (χ1n) is 8.38. The normalized spacial score (nSPS) is 16.8. The molecule has 1 atom stereocenters. The standard InChI is InChI=1S/C18H22N4O4/c1-25-7-6-22-11-13(9-17(22)23)19-18(24)16-10-15(20-21-16)12-4-3-5-14(8-12)26-2/h3-5,8,10,13H,6-7,9,11H2,1-2H3,(H,19,24)(H,20,21)/t13-/m0/s1. The van der Waals surface area contributed by atoms with Gasteiger partial charge in [-0.3, -0.25) is 14.7 Å². The molecule has 8 nitrogen and oxygen atoms in total. The van der Waals surface area contributed by atoms with Crippen LogP contribution in [0.5, 0.6) is 5.75 Å². The number of H-pyrrole nitrogens is 1. The first-order chi connectivity index (χ1) is 12.6. The smallest absolute Gasteiger partial charge is 0.269 e. The second-order valence-electron chi connectivity index (χ2n) is 6.11. The van der Waals surface area contributed by atoms with Gasteiger partial charge in [0.25, 0.3) is 5.91 Å². The van der Waals surface area contributed by atoms with Crippen LogP contribution < -0.4 is 10.1 Å². The Hall–Kier alpha value is -2.87. The van der Waals surface area contributed by atoms with E-state index in [4.69, 9.17) is 9.47 Å². The van der Waals surface area contributed by atoms with E-state index in [1.165, 1.54) is 0 Å². The van der Waals surface area contributed by atoms with E-state index in [-0.39, 0.29) is 17.9 Å². The van der Waals surface area contributed by atoms with Gasteiger partial charge in [-0.15, -0.1) is 0 Å². The average molecular weight is 358 g/mol. The lowest BCUT2D eigenvalue weighted by atomic mass is 10.1. The van der Waals surface area contributed by atoms with E-state index in [1.54, 1.807) is 25.2 Å². The molecular formula is C18H22N4O4. The van der Waals surface area contributed by atoms with E-state index in [0.29, 0.717) is 37.5 Å². The van der Waals surface area contributed by atoms with Crippen molar-refractivity contribution >= 4 is 11.8 Å². The van der Waals surface area contributed by atoms with Gasteiger partial charge < -0.3 is 19.7 Å². The Morgan fingerprint density at radius 1 is 1.38 bits per heavy atom. The zero-order valence-corrected chi connectivity index (χ0v) is 14.8. The van der Waals surface area contributed by atoms with E-state index in [2.05, 4.69) is 15.5 Å². The molecule has 0 spiro atoms. The van der Waals surface area contributed by atoms with Crippen LogP contribution in [0.1, 0.15) is 16.9 Å². The number of aromatic amines is 1. The summed E-state index contributed by atoms with van der Waals surface area (Å²) in [7, 11) is 3.19. The van der Waals surface area contributed by atoms with Crippen molar-refractivity contribution in [3.63, 3.8) is 0 Å². The van der Waals surface area contributed by atoms with Gasteiger partial charge in [-0.2, -0.15) is 5.10 Å². The van der Waals surface area contributed by atoms with Gasteiger partial charge >= 0.3 is 0 Å². The Kier molecular flexibility index (Phi) is 5.52. The quantitative estimate of drug-likeness (QED) is 0.772. The average Bonchev–Trinajstić information content (AvgIpc) is 3.27. The maximum Gasteiger partial charge on any atom is 0.269 e. The number of methoxy groups -OCH3 is 2. The van der Waals surface area contributed by atoms with E-state index in [1.807, 2.05) is 24.3 Å². The number of ether oxygens (including phenoxy) is 2. The van der Waals surface area contributed by atoms with Gasteiger partial charge in [0.1, 0.15) is 11.4 Å². The minimum absolute atomic E-state index is 0.0223. The van der Waals surface area contributed by atoms with Gasteiger partial charge in [0.05, 0.1) is 25.5 Å². The second kappa shape index (κ2) is 8.01. The lowest BCUT2D eigenvalue weighted by molar-refractivity contribution is -0.128. The second-order valence-corrected chi connectivity index (χ2v) is 6.11. The zero-order chi connectivity index (χ0) is 18.5. The fourth-order valence-electron chi connectivity index (χ4n) is 2.92. The van der Waals surface area contributed by atoms with Crippen LogP contribution in [0.3, 0.4) is 0 Å². The predicted molar refractivity (Wildman–Crippen MR) is 94.9 cm³/mol. The minimum atomic E-state index is -0.280. The number of hydrogen-bond acceptors (Lipinski definition) is 5. The summed E-state index contributed by atoms with van der Waals surface area (Å²) in [4.78, 5) is 26.1. The van der Waals surface area contributed by atoms with Gasteiger partial charge in [-0.25, -0.2) is 0 Å². The summed E-state index contributed by atoms with van der Waals surface area (Å²) in [5, 5.41) is 9.82. The van der Waals surface area contributed by atoms with E-state index < -0.39 is 0 Å². The topological polar surface area (TPSA) is 96.5 Å². The van der Waals surface area contributed by atoms with Gasteiger partial charge in [0.2, 0.25) is 5.91 Å². The third kappa shape index (κ3) is 4.02. The maximum absolute atomic E-state index is 12.4. The SMILES string of the molecule is COCCN1C[C@@H](NC(=O)c2cc(-c3cccc(OC)c3)n[nH]2)CC1=O. The summed E-state index contributed by atoms with van der Waals surface area (Å²) in [5.74, 6) is 0.462. The van der Waals surface area contributed by atoms with Crippen molar-refractivity contribution in [2.24, 2.45) is 0 Å². The molecule has 1 aromatic carbocycles. The molecule has 0 saturated carbocycles. The van der Waals surface area contributed by atoms with Crippen LogP contribution in [-0.4, -0.2) is 66.9 Å². The van der Waals surface area contributed by atoms with Gasteiger partial charge in [-0.05, 0) is 18.2 Å². The fourth-order valence-corrected chi connectivity index (χ4v) is 2.92. The van der Waals surface area contributed by atoms with Gasteiger partial charge in [0, 0.05) is 32.2 Å². The molecule has 1 aromatic heterocycles. The Labute approximate surface area is 151 Å². The highest BCUT2D eigenvalue weighted by atomic mass is 16.5. The lowest BCUT2D eigenvalue weighted by Crippen LogP contribution is -2.37. The summed E-state index contributed by atoms with van der Waals surface area (Å²) >= 11 is 0. The first kappa shape index (κ1) is 17.9. The van der Waals surface area contributed by atoms with E-state index in [9.17, 15) is 9.59 Å². The first-order valence-corrected chi connectivity index (χ1v) is 8.38. The lowest BCUT2D eigenvalue weighted by Gasteiger charge is -2.16. The molecule has 0 bridgehead atoms. The molecule has 0 aliphatic carbocycles. The molecule has 2 aromatic rings. The van der Waals surface area contributed by atoms with Crippen molar-refractivity contribution in [1.82, 2.24) is 20.4 Å². The number of hydrogen-bond donors (Lipinski definition) is 2. The minimum Gasteiger partial charge on any atom is -0.497 e. The molecule has 2 amide bonds. The summed E-state index contributed by atoms with van der Waals surface area (Å²) in [6.07, 6.45) is 0.298. The number of aromatic nitrogens is 2. The van der Waals surface area contributed by atoms with Crippen LogP contribution in [0.2, 0.25) is 0 Å². The molecule has 0 radical (unpaired) electrons. The van der Waals surface area contributed by atoms with Crippen LogP contribution in [-0.2, 0) is 9.53 Å². The molecule has 138 valence electrons. The highest BCUT2D eigenvalue weighted by molar-refractivity contribution is 5.94. The molecule has 8 heteroatoms. The van der Waals surface area contributed by atoms with Crippen LogP contribution in [0.15, 0.2) is 30.3 Å². The van der Waals surface area contributed by atoms with Gasteiger partial charge in [-0.1, -0.05) is 12.1 Å². The molecule has 26 heavy (non-hydrogen) atoms. The van der Waals surface area contributed by atoms with Crippen molar-refractivity contribution in [2.75, 3.05) is 33.9 Å². The molecule has 1 fully saturated rings. The van der Waals surface area contributed by atoms with E-state index in [0.717, 1.165) is 11.3 Å². The van der Waals surface area contributed by atoms with Crippen LogP contribution in [0, 0.1) is 0 Å². The largest absolute Gasteiger partial charge is 0.497 e. The molecular weight excluding hydrogens is 336 g/mol. The Balaban J connectivity index is 1.62. The van der Waals surface area contributed by atoms with Crippen molar-refractivity contribution in [3.8, 4) is 17.0 Å². The van der Waals surface area contributed by atoms with Crippen molar-refractivity contribution < 1.29 is 19.1 Å². The zero-order valence-electron chi connectivity index (χ0n) is 14.8. The third-order valence-corrected chi connectivity index (χ3v) is 4.30. The third-order valence-electron chi connectivity index (χ3n) is 4.30. The summed E-state index contributed by atoms with van der Waals surface area (Å²) < 4.78 is 10.2. The number of carbonyl (C=O) groups excluding carboxylic acids is 2. The van der Waals surface area contributed by atoms with Crippen LogP contribution >= 0.6 is 0 Å². The number of amides is 2. The fraction of sp³-hybridized carbons (Fsp3) is 0.389. The molecule has 1 aliphatic rings. The summed E-state index contributed by atoms with van der Waals surface area (Å²) in [6, 6.07) is 8.92. The molecule has 1 saturated heterocycles. The number of nitrogens with one attached hydrogen (secondary N) is 2. The number of likely N-dealkylation sites (tertiary alicyclic amines) is 1. The van der Waals surface area contributed by atoms with Gasteiger partial charge in [0.15, 0.2) is 0 Å². The van der Waals surface area contributed by atoms with Crippen molar-refractivity contribution in [2.45, 2.75) is 12.5 Å². The Morgan fingerprint density at radius 2 is 2.23 bits per heavy atom. The maximum atomic E-state index is 12.4. The van der Waals surface area contributed by atoms with Crippen molar-refractivity contribution in [1.29, 1.82) is 0 Å². The number of carbonyl (C=O) groups is 2. The van der Waals surface area contributed by atoms with Crippen molar-refractivity contribution in [3.05, 3.63) is 36.0 Å². The summed E-state index contributed by atoms with van der Waals surface area (Å²) in [6.45, 7) is 1.51. The molecule has 2 N–H and O–H groups in total. The van der Waals surface area contributed by atoms with Crippen LogP contribution in [0.4, 0.5) is 0 Å². The number of rotatable bonds is 7. The van der Waals surface area contributed by atoms with E-state index >= 15 is 0 Å². The molecule has 3 rings (SSSR count). The molecule has 2 heterocycles. The monoisotopic (exact) mass is 358 g/mol. The number of nitrogens with zero attached hydrogens (tertiary/aromatic N) is 2. The Bertz CT molecular complexity index is 789. The molecule has 1 aliphatic heterocycles. The summed E-state index contributed by atoms with van der Waals surface area (Å²) in [5.41, 5.74) is 1.85. The predicted octanol–water partition coefficient (Wildman–Crippen LogP) is 1.06. The molecule has 0 unspecified atom stereocenters. The van der Waals surface area contributed by atoms with Crippen LogP contribution in [0.25, 0.3) is 11.3 Å². The Morgan fingerprint density at radius 3 is 3.00 bits per heavy atom. The number of benzene rings is 1. The highest BCUT2D eigenvalue weighted by Gasteiger charge is 2.30.